The summed E-state index contributed by atoms with van der Waals surface area (Å²) in [6.07, 6.45) is 2.53. The molecule has 6 N–H and O–H groups in total. The molecule has 0 saturated heterocycles. The highest BCUT2D eigenvalue weighted by Gasteiger charge is 2.29. The molecule has 2 aromatic carbocycles. The summed E-state index contributed by atoms with van der Waals surface area (Å²) in [5.74, 6) is -6.56. The van der Waals surface area contributed by atoms with Crippen LogP contribution in [0, 0.1) is 6.92 Å². The maximum atomic E-state index is 13.2. The van der Waals surface area contributed by atoms with Crippen LogP contribution in [-0.2, 0) is 40.6 Å². The number of aryl methyl sites for hydroxylation is 1. The number of phenols is 1. The summed E-state index contributed by atoms with van der Waals surface area (Å²) in [5, 5.41) is 48.3. The van der Waals surface area contributed by atoms with Gasteiger partial charge in [0.05, 0.1) is 18.8 Å². The fourth-order valence-electron chi connectivity index (χ4n) is 4.97. The van der Waals surface area contributed by atoms with E-state index >= 15 is 0 Å². The minimum absolute atomic E-state index is 0.0277. The molecular formula is C30H30N2O13S. The first-order chi connectivity index (χ1) is 21.4. The highest BCUT2D eigenvalue weighted by molar-refractivity contribution is 7.86. The molecule has 0 aromatic heterocycles. The first-order valence-electron chi connectivity index (χ1n) is 13.3. The number of hydrogen-bond donors (Lipinski definition) is 6. The number of phenolic OH excluding ortho intramolecular Hbond substituents is 1. The lowest BCUT2D eigenvalue weighted by molar-refractivity contribution is -0.143. The summed E-state index contributed by atoms with van der Waals surface area (Å²) >= 11 is 0. The molecule has 16 heteroatoms. The number of carboxylic acids is 4. The number of rotatable bonds is 14. The largest absolute Gasteiger partial charge is 0.507 e. The Labute approximate surface area is 262 Å². The third-order valence-corrected chi connectivity index (χ3v) is 7.66. The molecule has 244 valence electrons. The Kier molecular flexibility index (Phi) is 10.8. The third-order valence-electron chi connectivity index (χ3n) is 6.75. The predicted octanol–water partition coefficient (Wildman–Crippen LogP) is 1.60. The maximum Gasteiger partial charge on any atom is 0.323 e. The first kappa shape index (κ1) is 35.2. The lowest BCUT2D eigenvalue weighted by Crippen LogP contribution is -2.37. The van der Waals surface area contributed by atoms with Crippen LogP contribution in [0.3, 0.4) is 0 Å². The van der Waals surface area contributed by atoms with E-state index in [-0.39, 0.29) is 57.0 Å². The summed E-state index contributed by atoms with van der Waals surface area (Å²) in [4.78, 5) is 60.4. The fourth-order valence-corrected chi connectivity index (χ4v) is 5.67. The van der Waals surface area contributed by atoms with Crippen molar-refractivity contribution in [2.45, 2.75) is 25.3 Å². The Hall–Kier alpha value is -5.32. The van der Waals surface area contributed by atoms with Crippen molar-refractivity contribution in [1.82, 2.24) is 9.80 Å². The molecule has 0 atom stereocenters. The van der Waals surface area contributed by atoms with Gasteiger partial charge >= 0.3 is 23.9 Å². The van der Waals surface area contributed by atoms with Crippen LogP contribution in [0.1, 0.15) is 29.2 Å². The summed E-state index contributed by atoms with van der Waals surface area (Å²) < 4.78 is 35.1. The van der Waals surface area contributed by atoms with E-state index in [1.165, 1.54) is 56.3 Å². The van der Waals surface area contributed by atoms with Gasteiger partial charge in [-0.25, -0.2) is 0 Å². The van der Waals surface area contributed by atoms with Crippen molar-refractivity contribution in [2.75, 3.05) is 26.2 Å². The van der Waals surface area contributed by atoms with E-state index in [4.69, 9.17) is 0 Å². The molecular weight excluding hydrogens is 628 g/mol. The minimum Gasteiger partial charge on any atom is -0.507 e. The van der Waals surface area contributed by atoms with Gasteiger partial charge in [-0.1, -0.05) is 18.2 Å². The SMILES string of the molecule is CC1=C/C(=C(/c2cc(C)c(O)c(CN(CC(=O)O)CC(=O)O)c2)c2ccccc2S(=O)(=O)O)C=C(N(CC(=O)O)CC(=O)O)C1=O. The normalized spacial score (nSPS) is 14.4. The van der Waals surface area contributed by atoms with Gasteiger partial charge in [-0.3, -0.25) is 33.4 Å². The Morgan fingerprint density at radius 1 is 0.804 bits per heavy atom. The van der Waals surface area contributed by atoms with E-state index in [9.17, 15) is 62.5 Å². The second kappa shape index (κ2) is 14.2. The number of carbonyl (C=O) groups excluding carboxylic acids is 1. The quantitative estimate of drug-likeness (QED) is 0.158. The molecule has 0 unspecified atom stereocenters. The molecule has 0 saturated carbocycles. The van der Waals surface area contributed by atoms with Gasteiger partial charge in [0, 0.05) is 17.7 Å². The molecule has 0 aliphatic heterocycles. The Morgan fingerprint density at radius 3 is 1.87 bits per heavy atom. The molecule has 2 aromatic rings. The standard InChI is InChI=1S/C30H30N2O13S/c1-16-7-18(9-20(29(16)41)11-31(12-24(33)34)13-25(35)36)28(21-5-3-4-6-23(21)46(43,44)45)19-8-17(2)30(42)22(10-19)32(14-26(37)38)15-27(39)40/h3-10,41H,11-15H2,1-2H3,(H,33,34)(H,35,36)(H,37,38)(H,39,40)(H,43,44,45)/b28-19+. The summed E-state index contributed by atoms with van der Waals surface area (Å²) in [6, 6.07) is 8.02. The molecule has 46 heavy (non-hydrogen) atoms. The zero-order valence-electron chi connectivity index (χ0n) is 24.5. The number of carbonyl (C=O) groups is 5. The second-order valence-corrected chi connectivity index (χ2v) is 11.8. The summed E-state index contributed by atoms with van der Waals surface area (Å²) in [6.45, 7) is -0.654. The van der Waals surface area contributed by atoms with E-state index in [1.54, 1.807) is 0 Å². The van der Waals surface area contributed by atoms with Crippen LogP contribution in [0.15, 0.2) is 70.3 Å². The van der Waals surface area contributed by atoms with Gasteiger partial charge in [0.15, 0.2) is 0 Å². The van der Waals surface area contributed by atoms with Crippen molar-refractivity contribution in [3.63, 3.8) is 0 Å². The van der Waals surface area contributed by atoms with Crippen LogP contribution in [0.5, 0.6) is 5.75 Å². The highest BCUT2D eigenvalue weighted by Crippen LogP contribution is 2.38. The number of benzene rings is 2. The molecule has 1 aliphatic carbocycles. The van der Waals surface area contributed by atoms with E-state index in [0.29, 0.717) is 0 Å². The molecule has 0 radical (unpaired) electrons. The van der Waals surface area contributed by atoms with Crippen LogP contribution < -0.4 is 0 Å². The van der Waals surface area contributed by atoms with Gasteiger partial charge in [-0.15, -0.1) is 0 Å². The average Bonchev–Trinajstić information content (AvgIpc) is 2.91. The van der Waals surface area contributed by atoms with Crippen LogP contribution in [0.4, 0.5) is 0 Å². The Morgan fingerprint density at radius 2 is 1.35 bits per heavy atom. The van der Waals surface area contributed by atoms with Gasteiger partial charge in [-0.2, -0.15) is 8.42 Å². The zero-order valence-corrected chi connectivity index (χ0v) is 25.3. The van der Waals surface area contributed by atoms with Crippen molar-refractivity contribution in [3.8, 4) is 5.75 Å². The number of aliphatic carboxylic acids is 4. The lowest BCUT2D eigenvalue weighted by Gasteiger charge is -2.27. The lowest BCUT2D eigenvalue weighted by atomic mass is 9.86. The smallest absolute Gasteiger partial charge is 0.323 e. The number of nitrogens with zero attached hydrogens (tertiary/aromatic N) is 2. The molecule has 0 fully saturated rings. The maximum absolute atomic E-state index is 13.2. The number of aromatic hydroxyl groups is 1. The van der Waals surface area contributed by atoms with Crippen molar-refractivity contribution in [3.05, 3.63) is 87.6 Å². The number of Topliss-reactive ketones (excluding diaryl/α,β-unsaturated/α-hetero) is 1. The summed E-state index contributed by atoms with van der Waals surface area (Å²) in [5.41, 5.74) is 0.153. The van der Waals surface area contributed by atoms with E-state index in [1.807, 2.05) is 0 Å². The monoisotopic (exact) mass is 658 g/mol. The van der Waals surface area contributed by atoms with E-state index < -0.39 is 70.9 Å². The Bertz CT molecular complexity index is 1790. The molecule has 0 amide bonds. The van der Waals surface area contributed by atoms with Gasteiger partial charge in [0.2, 0.25) is 5.78 Å². The van der Waals surface area contributed by atoms with Crippen molar-refractivity contribution >= 4 is 45.4 Å². The highest BCUT2D eigenvalue weighted by atomic mass is 32.2. The van der Waals surface area contributed by atoms with Crippen LogP contribution >= 0.6 is 0 Å². The first-order valence-corrected chi connectivity index (χ1v) is 14.8. The van der Waals surface area contributed by atoms with Crippen molar-refractivity contribution in [1.29, 1.82) is 0 Å². The van der Waals surface area contributed by atoms with Gasteiger partial charge in [0.25, 0.3) is 10.1 Å². The number of ketones is 1. The fraction of sp³-hybridized carbons (Fsp3) is 0.233. The molecule has 0 heterocycles. The Balaban J connectivity index is 2.45. The minimum atomic E-state index is -4.88. The van der Waals surface area contributed by atoms with Crippen LogP contribution in [0.25, 0.3) is 5.57 Å². The molecule has 0 spiro atoms. The number of allylic oxidation sites excluding steroid dienone is 4. The third kappa shape index (κ3) is 8.65. The molecule has 1 aliphatic rings. The molecule has 3 rings (SSSR count). The van der Waals surface area contributed by atoms with Crippen LogP contribution in [0.2, 0.25) is 0 Å². The topological polar surface area (TPSA) is 247 Å². The predicted molar refractivity (Wildman–Crippen MR) is 159 cm³/mol. The average molecular weight is 659 g/mol. The van der Waals surface area contributed by atoms with E-state index in [0.717, 1.165) is 15.9 Å². The summed E-state index contributed by atoms with van der Waals surface area (Å²) in [7, 11) is -4.88. The number of carboxylic acid groups (broad SMARTS) is 4. The van der Waals surface area contributed by atoms with Gasteiger partial charge in [-0.05, 0) is 72.0 Å². The zero-order chi connectivity index (χ0) is 34.5. The van der Waals surface area contributed by atoms with Gasteiger partial charge in [0.1, 0.15) is 23.7 Å². The van der Waals surface area contributed by atoms with Crippen LogP contribution in [-0.4, -0.2) is 104 Å². The molecule has 0 bridgehead atoms. The second-order valence-electron chi connectivity index (χ2n) is 10.4. The van der Waals surface area contributed by atoms with E-state index in [2.05, 4.69) is 0 Å². The molecule has 15 nitrogen and oxygen atoms in total. The van der Waals surface area contributed by atoms with Crippen molar-refractivity contribution in [2.24, 2.45) is 0 Å². The van der Waals surface area contributed by atoms with Crippen molar-refractivity contribution < 1.29 is 62.5 Å². The van der Waals surface area contributed by atoms with Gasteiger partial charge < -0.3 is 30.4 Å². The number of hydrogen-bond acceptors (Lipinski definition) is 10.